The second kappa shape index (κ2) is 1.61. The van der Waals surface area contributed by atoms with Crippen molar-refractivity contribution in [3.63, 3.8) is 0 Å². The first-order valence-electron chi connectivity index (χ1n) is 3.48. The molecular formula is C8H11. The van der Waals surface area contributed by atoms with E-state index in [1.54, 1.807) is 5.92 Å². The third-order valence-corrected chi connectivity index (χ3v) is 2.29. The number of hydrogen-bond acceptors (Lipinski definition) is 0. The average molecular weight is 107 g/mol. The van der Waals surface area contributed by atoms with Crippen molar-refractivity contribution in [2.45, 2.75) is 25.7 Å². The van der Waals surface area contributed by atoms with Gasteiger partial charge in [0.05, 0.1) is 0 Å². The second-order valence-electron chi connectivity index (χ2n) is 2.79. The summed E-state index contributed by atoms with van der Waals surface area (Å²) in [6, 6.07) is 0. The molecule has 8 heavy (non-hydrogen) atoms. The summed E-state index contributed by atoms with van der Waals surface area (Å²) in [5, 5.41) is 0. The zero-order valence-electron chi connectivity index (χ0n) is 5.06. The molecule has 0 heteroatoms. The lowest BCUT2D eigenvalue weighted by Crippen LogP contribution is -1.93. The molecule has 0 bridgehead atoms. The van der Waals surface area contributed by atoms with E-state index in [4.69, 9.17) is 0 Å². The summed E-state index contributed by atoms with van der Waals surface area (Å²) < 4.78 is 0. The molecular weight excluding hydrogens is 96.1 g/mol. The molecule has 0 spiro atoms. The largest absolute Gasteiger partial charge is 0.0876 e. The average Bonchev–Trinajstić information content (AvgIpc) is 2.15. The molecule has 0 aromatic rings. The van der Waals surface area contributed by atoms with Crippen LogP contribution in [0.15, 0.2) is 12.2 Å². The summed E-state index contributed by atoms with van der Waals surface area (Å²) in [6.45, 7) is 0. The van der Waals surface area contributed by atoms with Crippen LogP contribution in [0.2, 0.25) is 0 Å². The van der Waals surface area contributed by atoms with E-state index in [0.717, 1.165) is 5.92 Å². The van der Waals surface area contributed by atoms with Gasteiger partial charge in [0, 0.05) is 0 Å². The first-order valence-corrected chi connectivity index (χ1v) is 3.48. The lowest BCUT2D eigenvalue weighted by Gasteiger charge is -2.03. The number of fused-ring (bicyclic) bond motifs is 1. The van der Waals surface area contributed by atoms with Gasteiger partial charge < -0.3 is 0 Å². The minimum absolute atomic E-state index is 0.912. The lowest BCUT2D eigenvalue weighted by atomic mass is 10.0. The topological polar surface area (TPSA) is 0 Å². The molecule has 2 aliphatic carbocycles. The first-order chi connectivity index (χ1) is 3.97. The van der Waals surface area contributed by atoms with Crippen LogP contribution in [-0.2, 0) is 0 Å². The predicted molar refractivity (Wildman–Crippen MR) is 34.3 cm³/mol. The van der Waals surface area contributed by atoms with Gasteiger partial charge in [0.2, 0.25) is 0 Å². The molecule has 1 fully saturated rings. The van der Waals surface area contributed by atoms with Crippen LogP contribution >= 0.6 is 0 Å². The van der Waals surface area contributed by atoms with E-state index in [1.807, 2.05) is 0 Å². The highest BCUT2D eigenvalue weighted by molar-refractivity contribution is 5.19. The van der Waals surface area contributed by atoms with Gasteiger partial charge in [0.25, 0.3) is 0 Å². The summed E-state index contributed by atoms with van der Waals surface area (Å²) in [5.41, 5.74) is 0. The van der Waals surface area contributed by atoms with E-state index in [-0.39, 0.29) is 0 Å². The van der Waals surface area contributed by atoms with Gasteiger partial charge in [-0.25, -0.2) is 0 Å². The van der Waals surface area contributed by atoms with Gasteiger partial charge in [-0.1, -0.05) is 18.6 Å². The fraction of sp³-hybridized carbons (Fsp3) is 0.625. The number of allylic oxidation sites excluding steroid dienone is 2. The Bertz CT molecular complexity index is 113. The van der Waals surface area contributed by atoms with Gasteiger partial charge in [-0.05, 0) is 31.1 Å². The Balaban J connectivity index is 2.13. The zero-order chi connectivity index (χ0) is 5.40. The molecule has 1 radical (unpaired) electrons. The molecule has 2 aliphatic rings. The number of hydrogen-bond donors (Lipinski definition) is 0. The Morgan fingerprint density at radius 1 is 1.50 bits per heavy atom. The highest BCUT2D eigenvalue weighted by Crippen LogP contribution is 2.40. The van der Waals surface area contributed by atoms with Crippen molar-refractivity contribution in [3.05, 3.63) is 18.1 Å². The third-order valence-electron chi connectivity index (χ3n) is 2.29. The fourth-order valence-electron chi connectivity index (χ4n) is 1.81. The van der Waals surface area contributed by atoms with Gasteiger partial charge in [-0.2, -0.15) is 0 Å². The minimum Gasteiger partial charge on any atom is -0.0876 e. The molecule has 0 amide bonds. The van der Waals surface area contributed by atoms with Gasteiger partial charge in [-0.15, -0.1) is 0 Å². The molecule has 0 aromatic heterocycles. The van der Waals surface area contributed by atoms with Crippen LogP contribution in [0.5, 0.6) is 0 Å². The molecule has 0 nitrogen and oxygen atoms in total. The van der Waals surface area contributed by atoms with Crippen LogP contribution in [0.3, 0.4) is 0 Å². The molecule has 0 heterocycles. The van der Waals surface area contributed by atoms with Gasteiger partial charge in [0.15, 0.2) is 0 Å². The summed E-state index contributed by atoms with van der Waals surface area (Å²) in [4.78, 5) is 0. The van der Waals surface area contributed by atoms with Crippen molar-refractivity contribution >= 4 is 0 Å². The molecule has 0 saturated heterocycles. The maximum absolute atomic E-state index is 2.38. The van der Waals surface area contributed by atoms with Crippen LogP contribution in [0, 0.1) is 11.8 Å². The van der Waals surface area contributed by atoms with E-state index in [1.165, 1.54) is 25.7 Å². The van der Waals surface area contributed by atoms with Crippen molar-refractivity contribution in [2.75, 3.05) is 0 Å². The van der Waals surface area contributed by atoms with Gasteiger partial charge >= 0.3 is 0 Å². The van der Waals surface area contributed by atoms with Gasteiger partial charge in [0.1, 0.15) is 0 Å². The predicted octanol–water partition coefficient (Wildman–Crippen LogP) is 2.32. The summed E-state index contributed by atoms with van der Waals surface area (Å²) in [6.07, 6.45) is 10.3. The van der Waals surface area contributed by atoms with E-state index in [9.17, 15) is 0 Å². The van der Waals surface area contributed by atoms with Crippen LogP contribution in [0.1, 0.15) is 25.7 Å². The van der Waals surface area contributed by atoms with Gasteiger partial charge in [-0.3, -0.25) is 0 Å². The van der Waals surface area contributed by atoms with E-state index in [2.05, 4.69) is 12.2 Å². The van der Waals surface area contributed by atoms with Crippen molar-refractivity contribution < 1.29 is 0 Å². The van der Waals surface area contributed by atoms with E-state index >= 15 is 0 Å². The van der Waals surface area contributed by atoms with Crippen LogP contribution in [-0.4, -0.2) is 0 Å². The quantitative estimate of drug-likeness (QED) is 0.417. The van der Waals surface area contributed by atoms with E-state index in [0.29, 0.717) is 0 Å². The Hall–Kier alpha value is -0.260. The highest BCUT2D eigenvalue weighted by atomic mass is 14.3. The summed E-state index contributed by atoms with van der Waals surface area (Å²) in [5.74, 6) is 2.71. The third kappa shape index (κ3) is 0.521. The first kappa shape index (κ1) is 4.60. The van der Waals surface area contributed by atoms with Crippen molar-refractivity contribution in [1.82, 2.24) is 0 Å². The second-order valence-corrected chi connectivity index (χ2v) is 2.79. The molecule has 1 unspecified atom stereocenters. The van der Waals surface area contributed by atoms with Crippen molar-refractivity contribution in [3.8, 4) is 0 Å². The molecule has 1 atom stereocenters. The molecule has 43 valence electrons. The van der Waals surface area contributed by atoms with Crippen molar-refractivity contribution in [1.29, 1.82) is 0 Å². The molecule has 0 aromatic carbocycles. The molecule has 0 N–H and O–H groups in total. The standard InChI is InChI=1S/C8H11/c1-3-7-5-2-6-8(7)4-1/h1,3,7H,2,4-6H2. The highest BCUT2D eigenvalue weighted by Gasteiger charge is 2.27. The fourth-order valence-corrected chi connectivity index (χ4v) is 1.81. The van der Waals surface area contributed by atoms with Crippen LogP contribution < -0.4 is 0 Å². The Morgan fingerprint density at radius 3 is 3.38 bits per heavy atom. The van der Waals surface area contributed by atoms with Crippen LogP contribution in [0.25, 0.3) is 0 Å². The summed E-state index contributed by atoms with van der Waals surface area (Å²) >= 11 is 0. The SMILES string of the molecule is C1=CC2CCC[C]2C1. The summed E-state index contributed by atoms with van der Waals surface area (Å²) in [7, 11) is 0. The maximum atomic E-state index is 2.38. The van der Waals surface area contributed by atoms with E-state index < -0.39 is 0 Å². The maximum Gasteiger partial charge on any atom is -0.0135 e. The Labute approximate surface area is 50.6 Å². The molecule has 0 aliphatic heterocycles. The monoisotopic (exact) mass is 107 g/mol. The Morgan fingerprint density at radius 2 is 2.50 bits per heavy atom. The lowest BCUT2D eigenvalue weighted by molar-refractivity contribution is 0.729. The smallest absolute Gasteiger partial charge is 0.0135 e. The van der Waals surface area contributed by atoms with Crippen molar-refractivity contribution in [2.24, 2.45) is 5.92 Å². The minimum atomic E-state index is 0.912. The normalized spacial score (nSPS) is 36.2. The molecule has 1 saturated carbocycles. The molecule has 2 rings (SSSR count). The van der Waals surface area contributed by atoms with Crippen LogP contribution in [0.4, 0.5) is 0 Å². The Kier molecular flexibility index (Phi) is 0.927. The zero-order valence-corrected chi connectivity index (χ0v) is 5.06. The number of rotatable bonds is 0.